The Kier molecular flexibility index (Phi) is 3.60. The molecule has 110 valence electrons. The Bertz CT molecular complexity index is 676. The molecule has 1 aromatic carbocycles. The fraction of sp³-hybridized carbons (Fsp3) is 0.400. The second-order valence-corrected chi connectivity index (χ2v) is 5.47. The SMILES string of the molecule is O=C(O)CC(NC(=O)Cn1cnc2ccccc21)C1CC1. The van der Waals surface area contributed by atoms with Crippen LogP contribution in [0, 0.1) is 5.92 Å². The smallest absolute Gasteiger partial charge is 0.305 e. The number of carboxylic acids is 1. The molecule has 0 aliphatic heterocycles. The van der Waals surface area contributed by atoms with Gasteiger partial charge in [0.2, 0.25) is 5.91 Å². The topological polar surface area (TPSA) is 84.2 Å². The van der Waals surface area contributed by atoms with E-state index in [0.717, 1.165) is 23.9 Å². The molecule has 6 heteroatoms. The van der Waals surface area contributed by atoms with Crippen molar-refractivity contribution in [1.29, 1.82) is 0 Å². The van der Waals surface area contributed by atoms with Gasteiger partial charge < -0.3 is 15.0 Å². The maximum absolute atomic E-state index is 12.1. The van der Waals surface area contributed by atoms with Crippen LogP contribution in [0.3, 0.4) is 0 Å². The first-order valence-electron chi connectivity index (χ1n) is 7.04. The third-order valence-corrected chi connectivity index (χ3v) is 3.77. The van der Waals surface area contributed by atoms with E-state index in [1.165, 1.54) is 0 Å². The molecule has 1 amide bonds. The number of para-hydroxylation sites is 2. The van der Waals surface area contributed by atoms with Crippen LogP contribution in [0.25, 0.3) is 11.0 Å². The Morgan fingerprint density at radius 3 is 2.86 bits per heavy atom. The summed E-state index contributed by atoms with van der Waals surface area (Å²) in [6, 6.07) is 7.34. The molecule has 2 aromatic rings. The highest BCUT2D eigenvalue weighted by Gasteiger charge is 2.33. The molecule has 3 rings (SSSR count). The van der Waals surface area contributed by atoms with Gasteiger partial charge in [-0.05, 0) is 30.9 Å². The summed E-state index contributed by atoms with van der Waals surface area (Å²) in [6.07, 6.45) is 3.60. The summed E-state index contributed by atoms with van der Waals surface area (Å²) in [5.41, 5.74) is 1.74. The van der Waals surface area contributed by atoms with Crippen molar-refractivity contribution in [2.45, 2.75) is 31.8 Å². The molecule has 1 fully saturated rings. The van der Waals surface area contributed by atoms with Crippen LogP contribution in [0.4, 0.5) is 0 Å². The number of carbonyl (C=O) groups is 2. The molecule has 1 aliphatic rings. The number of hydrogen-bond donors (Lipinski definition) is 2. The summed E-state index contributed by atoms with van der Waals surface area (Å²) in [5.74, 6) is -0.735. The van der Waals surface area contributed by atoms with Gasteiger partial charge in [0.1, 0.15) is 6.54 Å². The van der Waals surface area contributed by atoms with Gasteiger partial charge in [-0.25, -0.2) is 4.98 Å². The van der Waals surface area contributed by atoms with Crippen molar-refractivity contribution in [3.05, 3.63) is 30.6 Å². The van der Waals surface area contributed by atoms with E-state index in [-0.39, 0.29) is 24.9 Å². The minimum Gasteiger partial charge on any atom is -0.481 e. The van der Waals surface area contributed by atoms with Crippen molar-refractivity contribution < 1.29 is 14.7 Å². The van der Waals surface area contributed by atoms with Crippen molar-refractivity contribution in [2.75, 3.05) is 0 Å². The first-order valence-corrected chi connectivity index (χ1v) is 7.04. The highest BCUT2D eigenvalue weighted by Crippen LogP contribution is 2.34. The highest BCUT2D eigenvalue weighted by molar-refractivity contribution is 5.81. The molecule has 1 aromatic heterocycles. The largest absolute Gasteiger partial charge is 0.481 e. The first-order chi connectivity index (χ1) is 10.1. The number of aromatic nitrogens is 2. The average Bonchev–Trinajstić information content (AvgIpc) is 3.21. The van der Waals surface area contributed by atoms with Crippen LogP contribution in [0.1, 0.15) is 19.3 Å². The molecule has 6 nitrogen and oxygen atoms in total. The third-order valence-electron chi connectivity index (χ3n) is 3.77. The van der Waals surface area contributed by atoms with E-state index in [0.29, 0.717) is 5.92 Å². The molecule has 1 heterocycles. The zero-order valence-corrected chi connectivity index (χ0v) is 11.5. The Hall–Kier alpha value is -2.37. The number of rotatable bonds is 6. The fourth-order valence-electron chi connectivity index (χ4n) is 2.57. The number of carbonyl (C=O) groups excluding carboxylic acids is 1. The van der Waals surface area contributed by atoms with Crippen molar-refractivity contribution in [2.24, 2.45) is 5.92 Å². The predicted octanol–water partition coefficient (Wildman–Crippen LogP) is 1.41. The second-order valence-electron chi connectivity index (χ2n) is 5.47. The zero-order chi connectivity index (χ0) is 14.8. The second kappa shape index (κ2) is 5.55. The number of carboxylic acid groups (broad SMARTS) is 1. The third kappa shape index (κ3) is 3.21. The molecule has 0 radical (unpaired) electrons. The van der Waals surface area contributed by atoms with E-state index in [1.54, 1.807) is 10.9 Å². The maximum Gasteiger partial charge on any atom is 0.305 e. The Morgan fingerprint density at radius 2 is 2.14 bits per heavy atom. The summed E-state index contributed by atoms with van der Waals surface area (Å²) in [4.78, 5) is 27.2. The van der Waals surface area contributed by atoms with Gasteiger partial charge >= 0.3 is 5.97 Å². The first kappa shape index (κ1) is 13.6. The van der Waals surface area contributed by atoms with Gasteiger partial charge in [0.15, 0.2) is 0 Å². The van der Waals surface area contributed by atoms with Crippen molar-refractivity contribution >= 4 is 22.9 Å². The minimum absolute atomic E-state index is 0.0128. The molecule has 1 aliphatic carbocycles. The van der Waals surface area contributed by atoms with Crippen LogP contribution in [0.5, 0.6) is 0 Å². The van der Waals surface area contributed by atoms with E-state index < -0.39 is 5.97 Å². The van der Waals surface area contributed by atoms with Gasteiger partial charge in [0.25, 0.3) is 0 Å². The number of benzene rings is 1. The number of nitrogens with one attached hydrogen (secondary N) is 1. The van der Waals surface area contributed by atoms with E-state index in [4.69, 9.17) is 5.11 Å². The van der Waals surface area contributed by atoms with Gasteiger partial charge in [-0.2, -0.15) is 0 Å². The van der Waals surface area contributed by atoms with Gasteiger partial charge in [0.05, 0.1) is 23.8 Å². The number of imidazole rings is 1. The lowest BCUT2D eigenvalue weighted by Gasteiger charge is -2.16. The van der Waals surface area contributed by atoms with E-state index >= 15 is 0 Å². The van der Waals surface area contributed by atoms with Crippen molar-refractivity contribution in [3.63, 3.8) is 0 Å². The monoisotopic (exact) mass is 287 g/mol. The lowest BCUT2D eigenvalue weighted by molar-refractivity contribution is -0.137. The molecule has 0 saturated heterocycles. The van der Waals surface area contributed by atoms with Crippen LogP contribution in [0.15, 0.2) is 30.6 Å². The van der Waals surface area contributed by atoms with Crippen LogP contribution in [0.2, 0.25) is 0 Å². The number of nitrogens with zero attached hydrogens (tertiary/aromatic N) is 2. The van der Waals surface area contributed by atoms with E-state index in [1.807, 2.05) is 24.3 Å². The lowest BCUT2D eigenvalue weighted by atomic mass is 10.1. The average molecular weight is 287 g/mol. The standard InChI is InChI=1S/C15H17N3O3/c19-14(17-12(7-15(20)21)10-5-6-10)8-18-9-16-11-3-1-2-4-13(11)18/h1-4,9-10,12H,5-8H2,(H,17,19)(H,20,21). The Labute approximate surface area is 121 Å². The quantitative estimate of drug-likeness (QED) is 0.841. The summed E-state index contributed by atoms with van der Waals surface area (Å²) in [7, 11) is 0. The fourth-order valence-corrected chi connectivity index (χ4v) is 2.57. The van der Waals surface area contributed by atoms with Gasteiger partial charge in [0, 0.05) is 6.04 Å². The van der Waals surface area contributed by atoms with Crippen LogP contribution >= 0.6 is 0 Å². The zero-order valence-electron chi connectivity index (χ0n) is 11.5. The molecular weight excluding hydrogens is 270 g/mol. The summed E-state index contributed by atoms with van der Waals surface area (Å²) < 4.78 is 1.77. The van der Waals surface area contributed by atoms with E-state index in [2.05, 4.69) is 10.3 Å². The van der Waals surface area contributed by atoms with Crippen molar-refractivity contribution in [1.82, 2.24) is 14.9 Å². The maximum atomic E-state index is 12.1. The number of aliphatic carboxylic acids is 1. The molecular formula is C15H17N3O3. The number of fused-ring (bicyclic) bond motifs is 1. The lowest BCUT2D eigenvalue weighted by Crippen LogP contribution is -2.39. The highest BCUT2D eigenvalue weighted by atomic mass is 16.4. The summed E-state index contributed by atoms with van der Waals surface area (Å²) in [5, 5.41) is 11.7. The van der Waals surface area contributed by atoms with E-state index in [9.17, 15) is 9.59 Å². The van der Waals surface area contributed by atoms with Gasteiger partial charge in [-0.1, -0.05) is 12.1 Å². The molecule has 21 heavy (non-hydrogen) atoms. The molecule has 1 atom stereocenters. The predicted molar refractivity (Wildman–Crippen MR) is 76.6 cm³/mol. The van der Waals surface area contributed by atoms with Gasteiger partial charge in [-0.15, -0.1) is 0 Å². The Balaban J connectivity index is 1.66. The Morgan fingerprint density at radius 1 is 1.38 bits per heavy atom. The van der Waals surface area contributed by atoms with Crippen molar-refractivity contribution in [3.8, 4) is 0 Å². The van der Waals surface area contributed by atoms with Crippen LogP contribution < -0.4 is 5.32 Å². The number of hydrogen-bond acceptors (Lipinski definition) is 3. The molecule has 0 bridgehead atoms. The van der Waals surface area contributed by atoms with Crippen LogP contribution in [-0.4, -0.2) is 32.6 Å². The van der Waals surface area contributed by atoms with Crippen LogP contribution in [-0.2, 0) is 16.1 Å². The number of amides is 1. The molecule has 1 unspecified atom stereocenters. The minimum atomic E-state index is -0.875. The summed E-state index contributed by atoms with van der Waals surface area (Å²) >= 11 is 0. The summed E-state index contributed by atoms with van der Waals surface area (Å²) in [6.45, 7) is 0.156. The normalized spacial score (nSPS) is 15.8. The molecule has 0 spiro atoms. The van der Waals surface area contributed by atoms with Gasteiger partial charge in [-0.3, -0.25) is 9.59 Å². The molecule has 2 N–H and O–H groups in total. The molecule has 1 saturated carbocycles.